The van der Waals surface area contributed by atoms with Crippen molar-refractivity contribution in [1.29, 1.82) is 0 Å². The average Bonchev–Trinajstić information content (AvgIpc) is 3.11. The van der Waals surface area contributed by atoms with Gasteiger partial charge in [-0.25, -0.2) is 0 Å². The van der Waals surface area contributed by atoms with Crippen molar-refractivity contribution < 1.29 is 14.6 Å². The van der Waals surface area contributed by atoms with Gasteiger partial charge in [-0.1, -0.05) is 6.07 Å². The van der Waals surface area contributed by atoms with Gasteiger partial charge < -0.3 is 14.6 Å². The minimum Gasteiger partial charge on any atom is -0.454 e. The molecular weight excluding hydrogens is 270 g/mol. The molecule has 1 N–H and O–H groups in total. The van der Waals surface area contributed by atoms with E-state index in [9.17, 15) is 5.11 Å². The van der Waals surface area contributed by atoms with Gasteiger partial charge in [0.25, 0.3) is 0 Å². The molecule has 6 nitrogen and oxygen atoms in total. The van der Waals surface area contributed by atoms with Crippen LogP contribution in [0.3, 0.4) is 0 Å². The standard InChI is InChI=1S/C15H13N3O3/c19-8-12-11-5-14-15(21-9-20-14)6-13(11)18(17-12)7-10-3-1-2-4-16-10/h1-6,19H,7-9H2. The Kier molecular flexibility index (Phi) is 2.75. The van der Waals surface area contributed by atoms with Gasteiger partial charge in [0, 0.05) is 17.6 Å². The molecule has 3 heterocycles. The Morgan fingerprint density at radius 1 is 1.19 bits per heavy atom. The molecule has 21 heavy (non-hydrogen) atoms. The molecule has 1 aromatic carbocycles. The molecule has 1 aliphatic heterocycles. The minimum atomic E-state index is -0.120. The molecule has 0 radical (unpaired) electrons. The van der Waals surface area contributed by atoms with Crippen molar-refractivity contribution >= 4 is 10.9 Å². The van der Waals surface area contributed by atoms with E-state index in [0.29, 0.717) is 23.7 Å². The molecule has 0 saturated heterocycles. The lowest BCUT2D eigenvalue weighted by atomic mass is 10.2. The molecule has 4 rings (SSSR count). The molecule has 0 fully saturated rings. The Balaban J connectivity index is 1.85. The predicted molar refractivity (Wildman–Crippen MR) is 75.1 cm³/mol. The number of benzene rings is 1. The highest BCUT2D eigenvalue weighted by molar-refractivity contribution is 5.86. The van der Waals surface area contributed by atoms with E-state index < -0.39 is 0 Å². The molecule has 0 aliphatic carbocycles. The molecule has 0 saturated carbocycles. The average molecular weight is 283 g/mol. The first kappa shape index (κ1) is 12.2. The van der Waals surface area contributed by atoms with Gasteiger partial charge in [-0.3, -0.25) is 9.67 Å². The summed E-state index contributed by atoms with van der Waals surface area (Å²) in [5, 5.41) is 14.8. The third-order valence-electron chi connectivity index (χ3n) is 3.51. The van der Waals surface area contributed by atoms with E-state index in [4.69, 9.17) is 9.47 Å². The second-order valence-electron chi connectivity index (χ2n) is 4.81. The van der Waals surface area contributed by atoms with Crippen molar-refractivity contribution in [1.82, 2.24) is 14.8 Å². The lowest BCUT2D eigenvalue weighted by Crippen LogP contribution is -2.03. The summed E-state index contributed by atoms with van der Waals surface area (Å²) in [6.45, 7) is 0.645. The van der Waals surface area contributed by atoms with Crippen LogP contribution >= 0.6 is 0 Å². The minimum absolute atomic E-state index is 0.120. The SMILES string of the molecule is OCc1nn(Cc2ccccn2)c2cc3c(cc12)OCO3. The lowest BCUT2D eigenvalue weighted by molar-refractivity contribution is 0.174. The van der Waals surface area contributed by atoms with E-state index in [1.165, 1.54) is 0 Å². The van der Waals surface area contributed by atoms with Crippen LogP contribution in [0.25, 0.3) is 10.9 Å². The molecule has 106 valence electrons. The summed E-state index contributed by atoms with van der Waals surface area (Å²) >= 11 is 0. The monoisotopic (exact) mass is 283 g/mol. The zero-order valence-corrected chi connectivity index (χ0v) is 11.2. The molecule has 1 aliphatic rings. The molecule has 0 amide bonds. The zero-order chi connectivity index (χ0) is 14.2. The third kappa shape index (κ3) is 2.00. The first-order valence-corrected chi connectivity index (χ1v) is 6.65. The number of aromatic nitrogens is 3. The number of hydrogen-bond acceptors (Lipinski definition) is 5. The van der Waals surface area contributed by atoms with Crippen molar-refractivity contribution in [3.8, 4) is 11.5 Å². The molecule has 0 unspecified atom stereocenters. The van der Waals surface area contributed by atoms with Crippen LogP contribution in [0.15, 0.2) is 36.5 Å². The second kappa shape index (κ2) is 4.75. The van der Waals surface area contributed by atoms with Crippen LogP contribution in [-0.2, 0) is 13.2 Å². The van der Waals surface area contributed by atoms with Crippen LogP contribution in [-0.4, -0.2) is 26.7 Å². The topological polar surface area (TPSA) is 69.4 Å². The van der Waals surface area contributed by atoms with E-state index in [0.717, 1.165) is 16.6 Å². The molecule has 0 atom stereocenters. The Labute approximate surface area is 120 Å². The summed E-state index contributed by atoms with van der Waals surface area (Å²) in [6.07, 6.45) is 1.75. The molecule has 0 spiro atoms. The van der Waals surface area contributed by atoms with Gasteiger partial charge in [0.2, 0.25) is 6.79 Å². The Bertz CT molecular complexity index is 799. The highest BCUT2D eigenvalue weighted by atomic mass is 16.7. The number of rotatable bonds is 3. The van der Waals surface area contributed by atoms with Crippen molar-refractivity contribution in [3.05, 3.63) is 47.9 Å². The largest absolute Gasteiger partial charge is 0.454 e. The van der Waals surface area contributed by atoms with Crippen LogP contribution in [0, 0.1) is 0 Å². The van der Waals surface area contributed by atoms with E-state index in [1.54, 1.807) is 6.20 Å². The summed E-state index contributed by atoms with van der Waals surface area (Å²) in [6, 6.07) is 9.52. The van der Waals surface area contributed by atoms with Crippen molar-refractivity contribution in [3.63, 3.8) is 0 Å². The third-order valence-corrected chi connectivity index (χ3v) is 3.51. The maximum absolute atomic E-state index is 9.50. The van der Waals surface area contributed by atoms with Gasteiger partial charge in [0.15, 0.2) is 11.5 Å². The molecule has 3 aromatic rings. The fourth-order valence-electron chi connectivity index (χ4n) is 2.51. The predicted octanol–water partition coefficient (Wildman–Crippen LogP) is 1.70. The zero-order valence-electron chi connectivity index (χ0n) is 11.2. The first-order chi connectivity index (χ1) is 10.3. The van der Waals surface area contributed by atoms with E-state index in [-0.39, 0.29) is 13.4 Å². The summed E-state index contributed by atoms with van der Waals surface area (Å²) in [5.41, 5.74) is 2.43. The van der Waals surface area contributed by atoms with Gasteiger partial charge in [0.05, 0.1) is 30.1 Å². The van der Waals surface area contributed by atoms with Gasteiger partial charge in [0.1, 0.15) is 0 Å². The first-order valence-electron chi connectivity index (χ1n) is 6.65. The highest BCUT2D eigenvalue weighted by Crippen LogP contribution is 2.37. The molecule has 2 aromatic heterocycles. The molecule has 6 heteroatoms. The fraction of sp³-hybridized carbons (Fsp3) is 0.200. The van der Waals surface area contributed by atoms with Gasteiger partial charge in [-0.15, -0.1) is 0 Å². The van der Waals surface area contributed by atoms with E-state index >= 15 is 0 Å². The van der Waals surface area contributed by atoms with Gasteiger partial charge >= 0.3 is 0 Å². The van der Waals surface area contributed by atoms with Crippen LogP contribution in [0.5, 0.6) is 11.5 Å². The summed E-state index contributed by atoms with van der Waals surface area (Å²) in [5.74, 6) is 1.39. The fourth-order valence-corrected chi connectivity index (χ4v) is 2.51. The number of pyridine rings is 1. The van der Waals surface area contributed by atoms with Crippen molar-refractivity contribution in [2.45, 2.75) is 13.2 Å². The smallest absolute Gasteiger partial charge is 0.231 e. The number of aliphatic hydroxyl groups excluding tert-OH is 1. The van der Waals surface area contributed by atoms with Crippen LogP contribution in [0.2, 0.25) is 0 Å². The molecular formula is C15H13N3O3. The summed E-state index contributed by atoms with van der Waals surface area (Å²) in [7, 11) is 0. The van der Waals surface area contributed by atoms with Crippen LogP contribution < -0.4 is 9.47 Å². The number of nitrogens with zero attached hydrogens (tertiary/aromatic N) is 3. The highest BCUT2D eigenvalue weighted by Gasteiger charge is 2.19. The molecule has 0 bridgehead atoms. The maximum Gasteiger partial charge on any atom is 0.231 e. The number of hydrogen-bond donors (Lipinski definition) is 1. The Morgan fingerprint density at radius 2 is 2.05 bits per heavy atom. The van der Waals surface area contributed by atoms with Gasteiger partial charge in [-0.05, 0) is 18.2 Å². The van der Waals surface area contributed by atoms with Crippen molar-refractivity contribution in [2.24, 2.45) is 0 Å². The maximum atomic E-state index is 9.50. The van der Waals surface area contributed by atoms with Crippen LogP contribution in [0.1, 0.15) is 11.4 Å². The Hall–Kier alpha value is -2.60. The number of fused-ring (bicyclic) bond motifs is 2. The quantitative estimate of drug-likeness (QED) is 0.792. The lowest BCUT2D eigenvalue weighted by Gasteiger charge is -2.03. The normalized spacial score (nSPS) is 13.0. The van der Waals surface area contributed by atoms with E-state index in [1.807, 2.05) is 35.0 Å². The Morgan fingerprint density at radius 3 is 2.81 bits per heavy atom. The van der Waals surface area contributed by atoms with Crippen molar-refractivity contribution in [2.75, 3.05) is 6.79 Å². The second-order valence-corrected chi connectivity index (χ2v) is 4.81. The van der Waals surface area contributed by atoms with E-state index in [2.05, 4.69) is 10.1 Å². The summed E-state index contributed by atoms with van der Waals surface area (Å²) in [4.78, 5) is 4.31. The van der Waals surface area contributed by atoms with Crippen LogP contribution in [0.4, 0.5) is 0 Å². The summed E-state index contributed by atoms with van der Waals surface area (Å²) < 4.78 is 12.6. The number of ether oxygens (including phenoxy) is 2. The number of aliphatic hydroxyl groups is 1. The van der Waals surface area contributed by atoms with Gasteiger partial charge in [-0.2, -0.15) is 5.10 Å².